The number of amides is 1. The highest BCUT2D eigenvalue weighted by Crippen LogP contribution is 2.20. The molecule has 8 nitrogen and oxygen atoms in total. The van der Waals surface area contributed by atoms with Crippen LogP contribution in [0.4, 0.5) is 5.69 Å². The molecule has 0 aliphatic carbocycles. The summed E-state index contributed by atoms with van der Waals surface area (Å²) in [5, 5.41) is 3.91. The molecule has 1 amide bonds. The van der Waals surface area contributed by atoms with E-state index in [2.05, 4.69) is 10.5 Å². The first-order chi connectivity index (χ1) is 15.8. The SMILES string of the molecule is C[C@H](C(=O)N/N=C\c1ccc(OC(=O)c2ccccc2)cc1)N(c1ccccc1)S(C)(=O)=O. The third-order valence-electron chi connectivity index (χ3n) is 4.59. The number of hydrogen-bond donors (Lipinski definition) is 1. The molecule has 0 radical (unpaired) electrons. The van der Waals surface area contributed by atoms with Gasteiger partial charge >= 0.3 is 5.97 Å². The van der Waals surface area contributed by atoms with Crippen molar-refractivity contribution in [2.75, 3.05) is 10.6 Å². The molecule has 0 fully saturated rings. The minimum absolute atomic E-state index is 0.366. The average molecular weight is 466 g/mol. The number of anilines is 1. The van der Waals surface area contributed by atoms with Crippen molar-refractivity contribution in [3.63, 3.8) is 0 Å². The number of esters is 1. The van der Waals surface area contributed by atoms with Crippen LogP contribution < -0.4 is 14.5 Å². The molecule has 3 aromatic rings. The molecule has 170 valence electrons. The maximum absolute atomic E-state index is 12.5. The number of ether oxygens (including phenoxy) is 1. The molecule has 0 spiro atoms. The van der Waals surface area contributed by atoms with Gasteiger partial charge < -0.3 is 4.74 Å². The Labute approximate surface area is 192 Å². The van der Waals surface area contributed by atoms with Gasteiger partial charge in [-0.25, -0.2) is 18.6 Å². The third-order valence-corrected chi connectivity index (χ3v) is 5.83. The quantitative estimate of drug-likeness (QED) is 0.238. The number of rotatable bonds is 8. The Morgan fingerprint density at radius 2 is 1.52 bits per heavy atom. The molecule has 9 heteroatoms. The van der Waals surface area contributed by atoms with Gasteiger partial charge in [0.1, 0.15) is 11.8 Å². The van der Waals surface area contributed by atoms with Crippen molar-refractivity contribution in [3.05, 3.63) is 96.1 Å². The summed E-state index contributed by atoms with van der Waals surface area (Å²) in [6, 6.07) is 22.5. The van der Waals surface area contributed by atoms with Gasteiger partial charge in [-0.15, -0.1) is 0 Å². The molecule has 3 aromatic carbocycles. The van der Waals surface area contributed by atoms with Crippen LogP contribution in [-0.2, 0) is 14.8 Å². The molecule has 1 N–H and O–H groups in total. The van der Waals surface area contributed by atoms with Gasteiger partial charge in [0.05, 0.1) is 23.7 Å². The summed E-state index contributed by atoms with van der Waals surface area (Å²) in [5.41, 5.74) is 3.83. The molecule has 1 atom stereocenters. The number of benzene rings is 3. The lowest BCUT2D eigenvalue weighted by molar-refractivity contribution is -0.121. The maximum Gasteiger partial charge on any atom is 0.343 e. The van der Waals surface area contributed by atoms with E-state index >= 15 is 0 Å². The predicted octanol–water partition coefficient (Wildman–Crippen LogP) is 3.21. The summed E-state index contributed by atoms with van der Waals surface area (Å²) < 4.78 is 30.8. The summed E-state index contributed by atoms with van der Waals surface area (Å²) in [5.74, 6) is -0.689. The van der Waals surface area contributed by atoms with E-state index in [1.165, 1.54) is 13.1 Å². The van der Waals surface area contributed by atoms with Gasteiger partial charge in [-0.2, -0.15) is 5.10 Å². The van der Waals surface area contributed by atoms with E-state index in [0.717, 1.165) is 10.6 Å². The Morgan fingerprint density at radius 1 is 0.939 bits per heavy atom. The van der Waals surface area contributed by atoms with Gasteiger partial charge in [-0.05, 0) is 61.0 Å². The van der Waals surface area contributed by atoms with Crippen molar-refractivity contribution in [3.8, 4) is 5.75 Å². The molecule has 0 aliphatic heterocycles. The Hall–Kier alpha value is -3.98. The fourth-order valence-corrected chi connectivity index (χ4v) is 4.18. The number of sulfonamides is 1. The molecule has 0 saturated heterocycles. The molecule has 0 aliphatic rings. The van der Waals surface area contributed by atoms with Crippen LogP contribution in [0.5, 0.6) is 5.75 Å². The molecule has 0 aromatic heterocycles. The molecule has 3 rings (SSSR count). The summed E-state index contributed by atoms with van der Waals surface area (Å²) in [6.07, 6.45) is 2.44. The number of carbonyl (C=O) groups excluding carboxylic acids is 2. The molecular formula is C24H23N3O5S. The smallest absolute Gasteiger partial charge is 0.343 e. The Balaban J connectivity index is 1.61. The van der Waals surface area contributed by atoms with Gasteiger partial charge in [0.2, 0.25) is 10.0 Å². The largest absolute Gasteiger partial charge is 0.423 e. The van der Waals surface area contributed by atoms with E-state index in [4.69, 9.17) is 4.74 Å². The van der Waals surface area contributed by atoms with E-state index in [-0.39, 0.29) is 0 Å². The molecule has 0 unspecified atom stereocenters. The van der Waals surface area contributed by atoms with E-state index in [9.17, 15) is 18.0 Å². The minimum Gasteiger partial charge on any atom is -0.423 e. The van der Waals surface area contributed by atoms with Gasteiger partial charge in [0, 0.05) is 0 Å². The second-order valence-electron chi connectivity index (χ2n) is 7.13. The van der Waals surface area contributed by atoms with Gasteiger partial charge in [-0.1, -0.05) is 36.4 Å². The number of carbonyl (C=O) groups is 2. The predicted molar refractivity (Wildman–Crippen MR) is 127 cm³/mol. The number of nitrogens with one attached hydrogen (secondary N) is 1. The van der Waals surface area contributed by atoms with Gasteiger partial charge in [0.15, 0.2) is 0 Å². The summed E-state index contributed by atoms with van der Waals surface area (Å²) in [7, 11) is -3.70. The first-order valence-electron chi connectivity index (χ1n) is 10.0. The number of hydrazone groups is 1. The zero-order valence-electron chi connectivity index (χ0n) is 18.1. The molecule has 0 heterocycles. The van der Waals surface area contributed by atoms with Crippen molar-refractivity contribution < 1.29 is 22.7 Å². The van der Waals surface area contributed by atoms with Crippen LogP contribution in [0.3, 0.4) is 0 Å². The molecular weight excluding hydrogens is 442 g/mol. The second-order valence-corrected chi connectivity index (χ2v) is 8.99. The van der Waals surface area contributed by atoms with Crippen LogP contribution in [-0.4, -0.2) is 38.8 Å². The molecule has 33 heavy (non-hydrogen) atoms. The Bertz CT molecular complexity index is 1230. The zero-order chi connectivity index (χ0) is 23.8. The number of hydrogen-bond acceptors (Lipinski definition) is 6. The van der Waals surface area contributed by atoms with Crippen molar-refractivity contribution in [2.45, 2.75) is 13.0 Å². The van der Waals surface area contributed by atoms with Gasteiger partial charge in [0.25, 0.3) is 5.91 Å². The van der Waals surface area contributed by atoms with Crippen LogP contribution in [0.1, 0.15) is 22.8 Å². The minimum atomic E-state index is -3.70. The average Bonchev–Trinajstić information content (AvgIpc) is 2.80. The van der Waals surface area contributed by atoms with Crippen molar-refractivity contribution in [1.29, 1.82) is 0 Å². The fraction of sp³-hybridized carbons (Fsp3) is 0.125. The normalized spacial score (nSPS) is 12.2. The number of para-hydroxylation sites is 1. The Morgan fingerprint density at radius 3 is 2.09 bits per heavy atom. The number of nitrogens with zero attached hydrogens (tertiary/aromatic N) is 2. The first kappa shape index (κ1) is 23.7. The summed E-state index contributed by atoms with van der Waals surface area (Å²) in [6.45, 7) is 1.48. The van der Waals surface area contributed by atoms with Gasteiger partial charge in [-0.3, -0.25) is 9.10 Å². The lowest BCUT2D eigenvalue weighted by Gasteiger charge is -2.27. The van der Waals surface area contributed by atoms with Crippen LogP contribution in [0, 0.1) is 0 Å². The highest BCUT2D eigenvalue weighted by Gasteiger charge is 2.28. The first-order valence-corrected chi connectivity index (χ1v) is 11.9. The van der Waals surface area contributed by atoms with Crippen LogP contribution in [0.25, 0.3) is 0 Å². The van der Waals surface area contributed by atoms with Crippen molar-refractivity contribution in [2.24, 2.45) is 5.10 Å². The lowest BCUT2D eigenvalue weighted by atomic mass is 10.2. The topological polar surface area (TPSA) is 105 Å². The summed E-state index contributed by atoms with van der Waals surface area (Å²) >= 11 is 0. The van der Waals surface area contributed by atoms with E-state index in [0.29, 0.717) is 22.6 Å². The van der Waals surface area contributed by atoms with E-state index < -0.39 is 27.9 Å². The summed E-state index contributed by atoms with van der Waals surface area (Å²) in [4.78, 5) is 24.6. The molecule has 0 saturated carbocycles. The van der Waals surface area contributed by atoms with Crippen LogP contribution >= 0.6 is 0 Å². The highest BCUT2D eigenvalue weighted by molar-refractivity contribution is 7.92. The standard InChI is InChI=1S/C24H23N3O5S/c1-18(27(33(2,30)31)21-11-7-4-8-12-21)23(28)26-25-17-19-13-15-22(16-14-19)32-24(29)20-9-5-3-6-10-20/h3-18H,1-2H3,(H,26,28)/b25-17-/t18-/m1/s1. The second kappa shape index (κ2) is 10.6. The lowest BCUT2D eigenvalue weighted by Crippen LogP contribution is -2.46. The van der Waals surface area contributed by atoms with Crippen molar-refractivity contribution >= 4 is 33.8 Å². The van der Waals surface area contributed by atoms with E-state index in [1.54, 1.807) is 78.9 Å². The van der Waals surface area contributed by atoms with Crippen molar-refractivity contribution in [1.82, 2.24) is 5.43 Å². The fourth-order valence-electron chi connectivity index (χ4n) is 3.01. The Kier molecular flexibility index (Phi) is 7.57. The highest BCUT2D eigenvalue weighted by atomic mass is 32.2. The van der Waals surface area contributed by atoms with Crippen LogP contribution in [0.15, 0.2) is 90.0 Å². The third kappa shape index (κ3) is 6.50. The maximum atomic E-state index is 12.5. The van der Waals surface area contributed by atoms with Crippen LogP contribution in [0.2, 0.25) is 0 Å². The zero-order valence-corrected chi connectivity index (χ0v) is 18.9. The van der Waals surface area contributed by atoms with E-state index in [1.807, 2.05) is 6.07 Å². The monoisotopic (exact) mass is 465 g/mol. The molecule has 0 bridgehead atoms.